The average Bonchev–Trinajstić information content (AvgIpc) is 2.48. The Morgan fingerprint density at radius 3 is 2.60 bits per heavy atom. The van der Waals surface area contributed by atoms with Crippen LogP contribution in [0.15, 0.2) is 0 Å². The zero-order chi connectivity index (χ0) is 11.6. The van der Waals surface area contributed by atoms with E-state index in [0.29, 0.717) is 5.41 Å². The molecule has 1 aliphatic heterocycles. The molecule has 0 saturated carbocycles. The van der Waals surface area contributed by atoms with Crippen molar-refractivity contribution in [3.63, 3.8) is 0 Å². The summed E-state index contributed by atoms with van der Waals surface area (Å²) in [5.41, 5.74) is 0.542. The van der Waals surface area contributed by atoms with Crippen LogP contribution in [0, 0.1) is 5.41 Å². The molecule has 92 valence electrons. The quantitative estimate of drug-likeness (QED) is 0.752. The molecule has 0 amide bonds. The number of rotatable bonds is 4. The Labute approximate surface area is 96.2 Å². The molecule has 1 unspecified atom stereocenters. The van der Waals surface area contributed by atoms with E-state index >= 15 is 0 Å². The molecule has 0 aliphatic carbocycles. The molecular formula is C13H30N2. The molecule has 0 bridgehead atoms. The highest BCUT2D eigenvalue weighted by Gasteiger charge is 2.28. The Hall–Kier alpha value is -0.0800. The molecule has 2 N–H and O–H groups in total. The Morgan fingerprint density at radius 2 is 2.00 bits per heavy atom. The third-order valence-corrected chi connectivity index (χ3v) is 3.14. The van der Waals surface area contributed by atoms with Crippen molar-refractivity contribution in [2.45, 2.75) is 52.9 Å². The van der Waals surface area contributed by atoms with E-state index in [-0.39, 0.29) is 0 Å². The largest absolute Gasteiger partial charge is 0.319 e. The SMILES string of the molecule is CC.CCCC1(CNC)CCCCNC1. The van der Waals surface area contributed by atoms with Gasteiger partial charge in [-0.1, -0.05) is 33.6 Å². The summed E-state index contributed by atoms with van der Waals surface area (Å²) in [6.07, 6.45) is 6.82. The highest BCUT2D eigenvalue weighted by atomic mass is 14.9. The van der Waals surface area contributed by atoms with Crippen LogP contribution in [-0.2, 0) is 0 Å². The Morgan fingerprint density at radius 1 is 1.27 bits per heavy atom. The average molecular weight is 214 g/mol. The van der Waals surface area contributed by atoms with Crippen LogP contribution in [0.1, 0.15) is 52.9 Å². The summed E-state index contributed by atoms with van der Waals surface area (Å²) in [5.74, 6) is 0. The lowest BCUT2D eigenvalue weighted by molar-refractivity contribution is 0.233. The first-order chi connectivity index (χ1) is 7.33. The molecule has 0 spiro atoms. The first-order valence-electron chi connectivity index (χ1n) is 6.68. The van der Waals surface area contributed by atoms with Crippen LogP contribution in [0.2, 0.25) is 0 Å². The van der Waals surface area contributed by atoms with Gasteiger partial charge in [-0.2, -0.15) is 0 Å². The van der Waals surface area contributed by atoms with Gasteiger partial charge in [0.1, 0.15) is 0 Å². The lowest BCUT2D eigenvalue weighted by Gasteiger charge is -2.32. The summed E-state index contributed by atoms with van der Waals surface area (Å²) in [4.78, 5) is 0. The normalized spacial score (nSPS) is 26.4. The molecule has 2 heteroatoms. The maximum Gasteiger partial charge on any atom is 0.00200 e. The fraction of sp³-hybridized carbons (Fsp3) is 1.00. The number of hydrogen-bond donors (Lipinski definition) is 2. The van der Waals surface area contributed by atoms with Gasteiger partial charge >= 0.3 is 0 Å². The zero-order valence-corrected chi connectivity index (χ0v) is 11.2. The fourth-order valence-electron chi connectivity index (χ4n) is 2.55. The van der Waals surface area contributed by atoms with Gasteiger partial charge in [0, 0.05) is 13.1 Å². The standard InChI is InChI=1S/C11H24N2.C2H6/c1-3-6-11(9-12-2)7-4-5-8-13-10-11;1-2/h12-13H,3-10H2,1-2H3;1-2H3. The fourth-order valence-corrected chi connectivity index (χ4v) is 2.55. The van der Waals surface area contributed by atoms with Gasteiger partial charge in [-0.05, 0) is 38.3 Å². The first-order valence-corrected chi connectivity index (χ1v) is 6.68. The van der Waals surface area contributed by atoms with E-state index < -0.39 is 0 Å². The zero-order valence-electron chi connectivity index (χ0n) is 11.2. The molecule has 0 aromatic carbocycles. The molecule has 15 heavy (non-hydrogen) atoms. The van der Waals surface area contributed by atoms with E-state index in [4.69, 9.17) is 0 Å². The minimum absolute atomic E-state index is 0.542. The van der Waals surface area contributed by atoms with Crippen molar-refractivity contribution in [2.24, 2.45) is 5.41 Å². The monoisotopic (exact) mass is 214 g/mol. The van der Waals surface area contributed by atoms with Crippen LogP contribution in [-0.4, -0.2) is 26.7 Å². The minimum Gasteiger partial charge on any atom is -0.319 e. The van der Waals surface area contributed by atoms with Crippen molar-refractivity contribution in [1.29, 1.82) is 0 Å². The van der Waals surface area contributed by atoms with Crippen molar-refractivity contribution in [2.75, 3.05) is 26.7 Å². The van der Waals surface area contributed by atoms with E-state index in [1.807, 2.05) is 13.8 Å². The molecule has 2 nitrogen and oxygen atoms in total. The predicted octanol–water partition coefficient (Wildman–Crippen LogP) is 2.79. The van der Waals surface area contributed by atoms with Gasteiger partial charge in [0.05, 0.1) is 0 Å². The van der Waals surface area contributed by atoms with Gasteiger partial charge in [0.15, 0.2) is 0 Å². The summed E-state index contributed by atoms with van der Waals surface area (Å²) in [5, 5.41) is 6.92. The van der Waals surface area contributed by atoms with Crippen molar-refractivity contribution >= 4 is 0 Å². The molecule has 1 heterocycles. The highest BCUT2D eigenvalue weighted by molar-refractivity contribution is 4.85. The van der Waals surface area contributed by atoms with Gasteiger partial charge in [-0.3, -0.25) is 0 Å². The van der Waals surface area contributed by atoms with Crippen LogP contribution in [0.4, 0.5) is 0 Å². The lowest BCUT2D eigenvalue weighted by Crippen LogP contribution is -2.40. The minimum atomic E-state index is 0.542. The summed E-state index contributed by atoms with van der Waals surface area (Å²) < 4.78 is 0. The third-order valence-electron chi connectivity index (χ3n) is 3.14. The van der Waals surface area contributed by atoms with Gasteiger partial charge in [-0.15, -0.1) is 0 Å². The van der Waals surface area contributed by atoms with Crippen molar-refractivity contribution in [1.82, 2.24) is 10.6 Å². The summed E-state index contributed by atoms with van der Waals surface area (Å²) in [6, 6.07) is 0. The van der Waals surface area contributed by atoms with Gasteiger partial charge in [0.25, 0.3) is 0 Å². The highest BCUT2D eigenvalue weighted by Crippen LogP contribution is 2.30. The van der Waals surface area contributed by atoms with E-state index in [1.54, 1.807) is 0 Å². The lowest BCUT2D eigenvalue weighted by atomic mass is 9.79. The maximum atomic E-state index is 3.57. The number of nitrogens with one attached hydrogen (secondary N) is 2. The van der Waals surface area contributed by atoms with E-state index in [0.717, 1.165) is 0 Å². The van der Waals surface area contributed by atoms with Crippen LogP contribution in [0.5, 0.6) is 0 Å². The van der Waals surface area contributed by atoms with E-state index in [2.05, 4.69) is 24.6 Å². The van der Waals surface area contributed by atoms with Gasteiger partial charge in [-0.25, -0.2) is 0 Å². The molecule has 0 radical (unpaired) electrons. The first kappa shape index (κ1) is 14.9. The molecule has 1 saturated heterocycles. The van der Waals surface area contributed by atoms with Crippen LogP contribution in [0.25, 0.3) is 0 Å². The Balaban J connectivity index is 0.000000921. The van der Waals surface area contributed by atoms with Gasteiger partial charge in [0.2, 0.25) is 0 Å². The van der Waals surface area contributed by atoms with Crippen LogP contribution >= 0.6 is 0 Å². The molecule has 1 aliphatic rings. The number of hydrogen-bond acceptors (Lipinski definition) is 2. The Kier molecular flexibility index (Phi) is 9.12. The second-order valence-electron chi connectivity index (χ2n) is 4.41. The Bertz CT molecular complexity index is 118. The molecule has 0 aromatic rings. The molecule has 0 aromatic heterocycles. The summed E-state index contributed by atoms with van der Waals surface area (Å²) in [6.45, 7) is 9.90. The topological polar surface area (TPSA) is 24.1 Å². The molecule has 1 fully saturated rings. The van der Waals surface area contributed by atoms with Crippen LogP contribution < -0.4 is 10.6 Å². The van der Waals surface area contributed by atoms with Gasteiger partial charge < -0.3 is 10.6 Å². The second kappa shape index (κ2) is 9.17. The van der Waals surface area contributed by atoms with E-state index in [1.165, 1.54) is 51.7 Å². The second-order valence-corrected chi connectivity index (χ2v) is 4.41. The van der Waals surface area contributed by atoms with E-state index in [9.17, 15) is 0 Å². The van der Waals surface area contributed by atoms with Crippen molar-refractivity contribution < 1.29 is 0 Å². The molecule has 1 rings (SSSR count). The third kappa shape index (κ3) is 5.53. The van der Waals surface area contributed by atoms with Crippen molar-refractivity contribution in [3.05, 3.63) is 0 Å². The summed E-state index contributed by atoms with van der Waals surface area (Å²) >= 11 is 0. The summed E-state index contributed by atoms with van der Waals surface area (Å²) in [7, 11) is 2.07. The maximum absolute atomic E-state index is 3.57. The predicted molar refractivity (Wildman–Crippen MR) is 69.3 cm³/mol. The molecule has 1 atom stereocenters. The van der Waals surface area contributed by atoms with Crippen molar-refractivity contribution in [3.8, 4) is 0 Å². The molecular weight excluding hydrogens is 184 g/mol. The van der Waals surface area contributed by atoms with Crippen LogP contribution in [0.3, 0.4) is 0 Å². The smallest absolute Gasteiger partial charge is 0.00200 e.